The van der Waals surface area contributed by atoms with Crippen LogP contribution in [0.1, 0.15) is 38.3 Å². The fourth-order valence-electron chi connectivity index (χ4n) is 2.02. The first kappa shape index (κ1) is 16.3. The zero-order valence-corrected chi connectivity index (χ0v) is 13.6. The van der Waals surface area contributed by atoms with Gasteiger partial charge in [-0.05, 0) is 46.8 Å². The quantitative estimate of drug-likeness (QED) is 0.594. The van der Waals surface area contributed by atoms with Gasteiger partial charge < -0.3 is 9.47 Å². The van der Waals surface area contributed by atoms with Crippen LogP contribution in [0.2, 0.25) is 0 Å². The molecule has 0 aliphatic carbocycles. The molecule has 0 spiro atoms. The van der Waals surface area contributed by atoms with Crippen molar-refractivity contribution >= 4 is 15.9 Å². The van der Waals surface area contributed by atoms with Crippen molar-refractivity contribution in [2.75, 3.05) is 14.2 Å². The minimum absolute atomic E-state index is 0.0690. The summed E-state index contributed by atoms with van der Waals surface area (Å²) < 4.78 is 11.6. The minimum Gasteiger partial charge on any atom is -0.495 e. The van der Waals surface area contributed by atoms with E-state index in [1.54, 1.807) is 14.2 Å². The lowest BCUT2D eigenvalue weighted by molar-refractivity contribution is 0.373. The summed E-state index contributed by atoms with van der Waals surface area (Å²) >= 11 is 3.51. The van der Waals surface area contributed by atoms with E-state index in [1.165, 1.54) is 0 Å². The van der Waals surface area contributed by atoms with E-state index in [9.17, 15) is 0 Å². The number of nitrogens with one attached hydrogen (secondary N) is 1. The molecule has 1 unspecified atom stereocenters. The molecule has 1 aromatic carbocycles. The van der Waals surface area contributed by atoms with Crippen molar-refractivity contribution in [2.45, 2.75) is 32.7 Å². The van der Waals surface area contributed by atoms with Crippen LogP contribution in [-0.4, -0.2) is 14.2 Å². The third-order valence-corrected chi connectivity index (χ3v) is 3.88. The summed E-state index contributed by atoms with van der Waals surface area (Å²) in [6.45, 7) is 4.41. The number of halogens is 1. The predicted octanol–water partition coefficient (Wildman–Crippen LogP) is 3.41. The van der Waals surface area contributed by atoms with Crippen LogP contribution in [0.25, 0.3) is 0 Å². The maximum absolute atomic E-state index is 5.68. The summed E-state index contributed by atoms with van der Waals surface area (Å²) in [4.78, 5) is 0. The maximum atomic E-state index is 5.68. The van der Waals surface area contributed by atoms with Gasteiger partial charge in [-0.2, -0.15) is 0 Å². The highest BCUT2D eigenvalue weighted by atomic mass is 79.9. The number of ether oxygens (including phenoxy) is 2. The van der Waals surface area contributed by atoms with Gasteiger partial charge in [-0.3, -0.25) is 11.3 Å². The van der Waals surface area contributed by atoms with Crippen molar-refractivity contribution in [1.29, 1.82) is 0 Å². The molecule has 0 aromatic heterocycles. The van der Waals surface area contributed by atoms with Gasteiger partial charge >= 0.3 is 0 Å². The summed E-state index contributed by atoms with van der Waals surface area (Å²) in [6.07, 6.45) is 2.06. The average molecular weight is 331 g/mol. The van der Waals surface area contributed by atoms with Crippen molar-refractivity contribution in [1.82, 2.24) is 5.43 Å². The lowest BCUT2D eigenvalue weighted by Crippen LogP contribution is -2.28. The number of hydrazine groups is 1. The lowest BCUT2D eigenvalue weighted by Gasteiger charge is -2.21. The summed E-state index contributed by atoms with van der Waals surface area (Å²) in [5, 5.41) is 0. The van der Waals surface area contributed by atoms with E-state index in [-0.39, 0.29) is 6.04 Å². The Hall–Kier alpha value is -0.780. The first-order valence-electron chi connectivity index (χ1n) is 6.41. The Labute approximate surface area is 123 Å². The molecule has 1 atom stereocenters. The molecule has 0 amide bonds. The Bertz CT molecular complexity index is 411. The maximum Gasteiger partial charge on any atom is 0.141 e. The molecule has 0 saturated carbocycles. The standard InChI is InChI=1S/C14H23BrN2O2/c1-9(2)5-7-11(17-16)10-6-8-12(18-3)13(15)14(10)19-4/h6,8-9,11,17H,5,7,16H2,1-4H3. The first-order chi connectivity index (χ1) is 9.04. The number of rotatable bonds is 7. The minimum atomic E-state index is 0.0690. The van der Waals surface area contributed by atoms with Crippen LogP contribution in [0.4, 0.5) is 0 Å². The van der Waals surface area contributed by atoms with Crippen LogP contribution in [0.15, 0.2) is 16.6 Å². The number of hydrogen-bond donors (Lipinski definition) is 2. The van der Waals surface area contributed by atoms with Gasteiger partial charge in [0, 0.05) is 11.6 Å². The molecule has 1 rings (SSSR count). The molecule has 0 heterocycles. The van der Waals surface area contributed by atoms with E-state index in [1.807, 2.05) is 12.1 Å². The lowest BCUT2D eigenvalue weighted by atomic mass is 9.97. The summed E-state index contributed by atoms with van der Waals surface area (Å²) in [5.41, 5.74) is 3.91. The van der Waals surface area contributed by atoms with Crippen molar-refractivity contribution in [3.63, 3.8) is 0 Å². The van der Waals surface area contributed by atoms with Gasteiger partial charge in [0.25, 0.3) is 0 Å². The fraction of sp³-hybridized carbons (Fsp3) is 0.571. The van der Waals surface area contributed by atoms with Gasteiger partial charge in [-0.15, -0.1) is 0 Å². The second-order valence-corrected chi connectivity index (χ2v) is 5.69. The average Bonchev–Trinajstić information content (AvgIpc) is 2.39. The highest BCUT2D eigenvalue weighted by molar-refractivity contribution is 9.10. The number of hydrogen-bond acceptors (Lipinski definition) is 4. The molecule has 0 bridgehead atoms. The zero-order chi connectivity index (χ0) is 14.4. The van der Waals surface area contributed by atoms with Gasteiger partial charge in [0.2, 0.25) is 0 Å². The van der Waals surface area contributed by atoms with E-state index >= 15 is 0 Å². The molecule has 1 aromatic rings. The van der Waals surface area contributed by atoms with Crippen LogP contribution in [-0.2, 0) is 0 Å². The molecule has 0 aliphatic rings. The molecule has 5 heteroatoms. The molecule has 0 radical (unpaired) electrons. The normalized spacial score (nSPS) is 12.6. The van der Waals surface area contributed by atoms with E-state index in [0.29, 0.717) is 5.92 Å². The van der Waals surface area contributed by atoms with Crippen molar-refractivity contribution in [3.05, 3.63) is 22.2 Å². The molecule has 4 nitrogen and oxygen atoms in total. The zero-order valence-electron chi connectivity index (χ0n) is 12.0. The second kappa shape index (κ2) is 7.72. The highest BCUT2D eigenvalue weighted by Crippen LogP contribution is 2.40. The number of methoxy groups -OCH3 is 2. The fourth-order valence-corrected chi connectivity index (χ4v) is 2.71. The Kier molecular flexibility index (Phi) is 6.62. The largest absolute Gasteiger partial charge is 0.495 e. The van der Waals surface area contributed by atoms with Crippen molar-refractivity contribution in [2.24, 2.45) is 11.8 Å². The highest BCUT2D eigenvalue weighted by Gasteiger charge is 2.19. The molecule has 19 heavy (non-hydrogen) atoms. The first-order valence-corrected chi connectivity index (χ1v) is 7.20. The van der Waals surface area contributed by atoms with Gasteiger partial charge in [0.05, 0.1) is 14.2 Å². The molecule has 0 aliphatic heterocycles. The summed E-state index contributed by atoms with van der Waals surface area (Å²) in [5.74, 6) is 7.84. The van der Waals surface area contributed by atoms with Gasteiger partial charge in [-0.1, -0.05) is 13.8 Å². The SMILES string of the molecule is COc1ccc(C(CCC(C)C)NN)c(OC)c1Br. The third-order valence-electron chi connectivity index (χ3n) is 3.13. The topological polar surface area (TPSA) is 56.5 Å². The molecule has 108 valence electrons. The smallest absolute Gasteiger partial charge is 0.141 e. The predicted molar refractivity (Wildman–Crippen MR) is 81.4 cm³/mol. The van der Waals surface area contributed by atoms with Gasteiger partial charge in [0.15, 0.2) is 0 Å². The van der Waals surface area contributed by atoms with Crippen molar-refractivity contribution in [3.8, 4) is 11.5 Å². The van der Waals surface area contributed by atoms with E-state index in [2.05, 4.69) is 35.2 Å². The molecular formula is C14H23BrN2O2. The molecule has 0 saturated heterocycles. The molecule has 3 N–H and O–H groups in total. The van der Waals surface area contributed by atoms with Gasteiger partial charge in [-0.25, -0.2) is 0 Å². The summed E-state index contributed by atoms with van der Waals surface area (Å²) in [6, 6.07) is 3.98. The van der Waals surface area contributed by atoms with Crippen molar-refractivity contribution < 1.29 is 9.47 Å². The van der Waals surface area contributed by atoms with Crippen LogP contribution < -0.4 is 20.7 Å². The molecular weight excluding hydrogens is 308 g/mol. The Morgan fingerprint density at radius 2 is 1.89 bits per heavy atom. The molecule has 0 fully saturated rings. The van der Waals surface area contributed by atoms with Crippen LogP contribution in [0.3, 0.4) is 0 Å². The monoisotopic (exact) mass is 330 g/mol. The van der Waals surface area contributed by atoms with E-state index in [0.717, 1.165) is 34.4 Å². The van der Waals surface area contributed by atoms with Crippen LogP contribution in [0, 0.1) is 5.92 Å². The Morgan fingerprint density at radius 1 is 1.21 bits per heavy atom. The van der Waals surface area contributed by atoms with E-state index in [4.69, 9.17) is 15.3 Å². The second-order valence-electron chi connectivity index (χ2n) is 4.89. The summed E-state index contributed by atoms with van der Waals surface area (Å²) in [7, 11) is 3.29. The van der Waals surface area contributed by atoms with Gasteiger partial charge in [0.1, 0.15) is 16.0 Å². The number of benzene rings is 1. The number of nitrogens with two attached hydrogens (primary N) is 1. The third kappa shape index (κ3) is 4.09. The Balaban J connectivity index is 3.06. The van der Waals surface area contributed by atoms with Crippen LogP contribution >= 0.6 is 15.9 Å². The Morgan fingerprint density at radius 3 is 2.37 bits per heavy atom. The van der Waals surface area contributed by atoms with Crippen LogP contribution in [0.5, 0.6) is 11.5 Å². The van der Waals surface area contributed by atoms with E-state index < -0.39 is 0 Å².